The van der Waals surface area contributed by atoms with Gasteiger partial charge in [-0.25, -0.2) is 4.39 Å². The van der Waals surface area contributed by atoms with Gasteiger partial charge in [-0.3, -0.25) is 19.0 Å². The summed E-state index contributed by atoms with van der Waals surface area (Å²) in [6.45, 7) is -0.347. The largest absolute Gasteiger partial charge is 0.395 e. The average Bonchev–Trinajstić information content (AvgIpc) is 2.55. The fraction of sp³-hybridized carbons (Fsp3) is 0.188. The zero-order valence-corrected chi connectivity index (χ0v) is 12.1. The number of nitrogens with zero attached hydrogens (tertiary/aromatic N) is 1. The number of ketones is 1. The van der Waals surface area contributed by atoms with Gasteiger partial charge >= 0.3 is 0 Å². The number of aliphatic hydroxyl groups is 1. The van der Waals surface area contributed by atoms with E-state index in [1.54, 1.807) is 0 Å². The molecule has 6 nitrogen and oxygen atoms in total. The lowest BCUT2D eigenvalue weighted by molar-refractivity contribution is -0.123. The molecule has 0 fully saturated rings. The first-order valence-electron chi connectivity index (χ1n) is 6.90. The highest BCUT2D eigenvalue weighted by Crippen LogP contribution is 2.14. The molecular formula is C16H15FN2O4. The van der Waals surface area contributed by atoms with Crippen LogP contribution < -0.4 is 10.9 Å². The van der Waals surface area contributed by atoms with Crippen molar-refractivity contribution in [3.05, 3.63) is 70.4 Å². The lowest BCUT2D eigenvalue weighted by Crippen LogP contribution is -2.42. The first-order valence-corrected chi connectivity index (χ1v) is 6.90. The van der Waals surface area contributed by atoms with Gasteiger partial charge in [0.2, 0.25) is 0 Å². The Morgan fingerprint density at radius 2 is 1.87 bits per heavy atom. The Bertz CT molecular complexity index is 755. The molecule has 1 heterocycles. The first kappa shape index (κ1) is 16.6. The summed E-state index contributed by atoms with van der Waals surface area (Å²) in [6, 6.07) is 7.50. The van der Waals surface area contributed by atoms with Crippen LogP contribution in [0.2, 0.25) is 0 Å². The Hall–Kier alpha value is -2.80. The van der Waals surface area contributed by atoms with Crippen molar-refractivity contribution in [1.82, 2.24) is 9.88 Å². The Kier molecular flexibility index (Phi) is 5.37. The third kappa shape index (κ3) is 3.89. The summed E-state index contributed by atoms with van der Waals surface area (Å²) in [4.78, 5) is 36.8. The van der Waals surface area contributed by atoms with Gasteiger partial charge in [0.15, 0.2) is 11.8 Å². The quantitative estimate of drug-likeness (QED) is 0.600. The highest BCUT2D eigenvalue weighted by molar-refractivity contribution is 6.11. The van der Waals surface area contributed by atoms with Gasteiger partial charge in [0.05, 0.1) is 6.61 Å². The van der Waals surface area contributed by atoms with Crippen molar-refractivity contribution in [2.24, 2.45) is 0 Å². The van der Waals surface area contributed by atoms with Gasteiger partial charge in [0.25, 0.3) is 11.5 Å². The second kappa shape index (κ2) is 7.46. The monoisotopic (exact) mass is 318 g/mol. The highest BCUT2D eigenvalue weighted by atomic mass is 19.1. The summed E-state index contributed by atoms with van der Waals surface area (Å²) in [6.07, 6.45) is 1.33. The number of pyridine rings is 1. The number of Topliss-reactive ketones (excluding diaryl/α,β-unsaturated/α-hetero) is 1. The topological polar surface area (TPSA) is 88.4 Å². The molecule has 0 bridgehead atoms. The summed E-state index contributed by atoms with van der Waals surface area (Å²) in [5, 5.41) is 11.2. The van der Waals surface area contributed by atoms with Crippen LogP contribution in [-0.4, -0.2) is 34.5 Å². The lowest BCUT2D eigenvalue weighted by atomic mass is 10.0. The Labute approximate surface area is 131 Å². The van der Waals surface area contributed by atoms with Crippen LogP contribution in [0, 0.1) is 5.82 Å². The summed E-state index contributed by atoms with van der Waals surface area (Å²) in [5.74, 6) is -1.88. The third-order valence-corrected chi connectivity index (χ3v) is 3.17. The van der Waals surface area contributed by atoms with E-state index >= 15 is 0 Å². The molecular weight excluding hydrogens is 303 g/mol. The second-order valence-electron chi connectivity index (χ2n) is 4.73. The van der Waals surface area contributed by atoms with Gasteiger partial charge < -0.3 is 10.4 Å². The van der Waals surface area contributed by atoms with Crippen LogP contribution in [0.1, 0.15) is 16.4 Å². The minimum Gasteiger partial charge on any atom is -0.395 e. The number of hydrogen-bond donors (Lipinski definition) is 2. The van der Waals surface area contributed by atoms with Gasteiger partial charge in [-0.05, 0) is 30.3 Å². The van der Waals surface area contributed by atoms with E-state index in [9.17, 15) is 18.8 Å². The van der Waals surface area contributed by atoms with Crippen molar-refractivity contribution in [2.45, 2.75) is 6.04 Å². The molecule has 7 heteroatoms. The van der Waals surface area contributed by atoms with Crippen molar-refractivity contribution in [3.63, 3.8) is 0 Å². The number of rotatable bonds is 6. The normalized spacial score (nSPS) is 11.7. The van der Waals surface area contributed by atoms with Crippen LogP contribution in [0.5, 0.6) is 0 Å². The second-order valence-corrected chi connectivity index (χ2v) is 4.73. The van der Waals surface area contributed by atoms with Crippen molar-refractivity contribution < 1.29 is 19.1 Å². The number of carbonyl (C=O) groups is 2. The van der Waals surface area contributed by atoms with Gasteiger partial charge in [0.1, 0.15) is 5.82 Å². The molecule has 1 amide bonds. The van der Waals surface area contributed by atoms with Gasteiger partial charge in [-0.15, -0.1) is 0 Å². The molecule has 0 saturated carbocycles. The molecule has 1 atom stereocenters. The van der Waals surface area contributed by atoms with E-state index in [2.05, 4.69) is 5.32 Å². The molecule has 1 aromatic carbocycles. The molecule has 0 saturated heterocycles. The molecule has 0 unspecified atom stereocenters. The van der Waals surface area contributed by atoms with Crippen molar-refractivity contribution in [3.8, 4) is 0 Å². The number of aromatic nitrogens is 1. The SMILES string of the molecule is O=C(NCCO)[C@@H](C(=O)c1ccc(F)cc1)n1ccccc1=O. The zero-order chi connectivity index (χ0) is 16.8. The van der Waals surface area contributed by atoms with Crippen molar-refractivity contribution in [2.75, 3.05) is 13.2 Å². The summed E-state index contributed by atoms with van der Waals surface area (Å²) >= 11 is 0. The van der Waals surface area contributed by atoms with Crippen LogP contribution in [0.4, 0.5) is 4.39 Å². The molecule has 0 aliphatic carbocycles. The summed E-state index contributed by atoms with van der Waals surface area (Å²) in [7, 11) is 0. The van der Waals surface area contributed by atoms with E-state index in [1.807, 2.05) is 0 Å². The molecule has 120 valence electrons. The number of aliphatic hydroxyl groups excluding tert-OH is 1. The molecule has 0 aliphatic rings. The summed E-state index contributed by atoms with van der Waals surface area (Å²) < 4.78 is 14.0. The Balaban J connectivity index is 2.43. The van der Waals surface area contributed by atoms with Gasteiger partial charge in [-0.2, -0.15) is 0 Å². The number of amides is 1. The molecule has 0 radical (unpaired) electrons. The fourth-order valence-electron chi connectivity index (χ4n) is 2.07. The zero-order valence-electron chi connectivity index (χ0n) is 12.1. The Morgan fingerprint density at radius 1 is 1.17 bits per heavy atom. The Morgan fingerprint density at radius 3 is 2.48 bits per heavy atom. The maximum atomic E-state index is 13.0. The fourth-order valence-corrected chi connectivity index (χ4v) is 2.07. The van der Waals surface area contributed by atoms with E-state index in [1.165, 1.54) is 36.5 Å². The predicted molar refractivity (Wildman–Crippen MR) is 80.6 cm³/mol. The van der Waals surface area contributed by atoms with Crippen LogP contribution in [0.15, 0.2) is 53.5 Å². The van der Waals surface area contributed by atoms with E-state index in [0.29, 0.717) is 0 Å². The smallest absolute Gasteiger partial charge is 0.251 e. The van der Waals surface area contributed by atoms with E-state index in [-0.39, 0.29) is 18.7 Å². The number of benzene rings is 1. The van der Waals surface area contributed by atoms with Gasteiger partial charge in [-0.1, -0.05) is 6.07 Å². The molecule has 0 aliphatic heterocycles. The molecule has 0 spiro atoms. The first-order chi connectivity index (χ1) is 11.0. The average molecular weight is 318 g/mol. The summed E-state index contributed by atoms with van der Waals surface area (Å²) in [5.41, 5.74) is -0.418. The molecule has 2 aromatic rings. The van der Waals surface area contributed by atoms with Crippen LogP contribution >= 0.6 is 0 Å². The minimum absolute atomic E-state index is 0.0480. The number of nitrogens with one attached hydrogen (secondary N) is 1. The predicted octanol–water partition coefficient (Wildman–Crippen LogP) is 0.520. The van der Waals surface area contributed by atoms with Crippen molar-refractivity contribution >= 4 is 11.7 Å². The maximum Gasteiger partial charge on any atom is 0.251 e. The van der Waals surface area contributed by atoms with Crippen molar-refractivity contribution in [1.29, 1.82) is 0 Å². The molecule has 2 N–H and O–H groups in total. The van der Waals surface area contributed by atoms with E-state index in [0.717, 1.165) is 16.7 Å². The van der Waals surface area contributed by atoms with E-state index < -0.39 is 29.1 Å². The van der Waals surface area contributed by atoms with Crippen LogP contribution in [-0.2, 0) is 4.79 Å². The number of halogens is 1. The number of hydrogen-bond acceptors (Lipinski definition) is 4. The standard InChI is InChI=1S/C16H15FN2O4/c17-12-6-4-11(5-7-12)15(22)14(16(23)18-8-10-20)19-9-2-1-3-13(19)21/h1-7,9,14,20H,8,10H2,(H,18,23)/t14-/m1/s1. The molecule has 2 rings (SSSR count). The molecule has 1 aromatic heterocycles. The van der Waals surface area contributed by atoms with Gasteiger partial charge in [0, 0.05) is 24.4 Å². The van der Waals surface area contributed by atoms with E-state index in [4.69, 9.17) is 5.11 Å². The highest BCUT2D eigenvalue weighted by Gasteiger charge is 2.29. The lowest BCUT2D eigenvalue weighted by Gasteiger charge is -2.18. The number of carbonyl (C=O) groups excluding carboxylic acids is 2. The molecule has 23 heavy (non-hydrogen) atoms. The maximum absolute atomic E-state index is 13.0. The minimum atomic E-state index is -1.43. The van der Waals surface area contributed by atoms with Crippen LogP contribution in [0.25, 0.3) is 0 Å². The third-order valence-electron chi connectivity index (χ3n) is 3.17. The van der Waals surface area contributed by atoms with Crippen LogP contribution in [0.3, 0.4) is 0 Å².